The van der Waals surface area contributed by atoms with Crippen molar-refractivity contribution in [3.63, 3.8) is 0 Å². The Morgan fingerprint density at radius 2 is 0.480 bits per heavy atom. The number of alkyl halides is 9. The Bertz CT molecular complexity index is 596. The van der Waals surface area contributed by atoms with Crippen LogP contribution in [0.3, 0.4) is 0 Å². The van der Waals surface area contributed by atoms with E-state index >= 15 is 0 Å². The van der Waals surface area contributed by atoms with Gasteiger partial charge in [0.15, 0.2) is 0 Å². The average Bonchev–Trinajstić information content (AvgIpc) is 2.08. The summed E-state index contributed by atoms with van der Waals surface area (Å²) in [6.07, 6.45) is 0. The fourth-order valence-corrected chi connectivity index (χ4v) is 0. The van der Waals surface area contributed by atoms with Crippen molar-refractivity contribution in [2.45, 2.75) is 16.5 Å². The molecule has 0 rings (SSSR count). The summed E-state index contributed by atoms with van der Waals surface area (Å²) in [5.74, 6) is 0. The number of hydrogen-bond donors (Lipinski definition) is 3. The van der Waals surface area contributed by atoms with Gasteiger partial charge in [-0.25, -0.2) is 0 Å². The van der Waals surface area contributed by atoms with E-state index in [0.29, 0.717) is 0 Å². The third kappa shape index (κ3) is 16.3. The van der Waals surface area contributed by atoms with Crippen molar-refractivity contribution in [3.8, 4) is 0 Å². The summed E-state index contributed by atoms with van der Waals surface area (Å²) in [4.78, 5) is 0. The first-order chi connectivity index (χ1) is 9.75. The molecule has 0 aliphatic rings. The van der Waals surface area contributed by atoms with E-state index < -0.39 is 46.9 Å². The van der Waals surface area contributed by atoms with Crippen LogP contribution in [0.5, 0.6) is 0 Å². The van der Waals surface area contributed by atoms with Crippen LogP contribution in [-0.2, 0) is 30.4 Å². The first-order valence-electron chi connectivity index (χ1n) is 3.86. The maximum absolute atomic E-state index is 10.7. The zero-order valence-corrected chi connectivity index (χ0v) is 15.4. The fourth-order valence-electron chi connectivity index (χ4n) is 0. The maximum atomic E-state index is 10.7. The summed E-state index contributed by atoms with van der Waals surface area (Å²) in [7, 11) is -17.5. The number of rotatable bonds is 0. The molecule has 0 aliphatic carbocycles. The minimum absolute atomic E-state index is 0. The minimum Gasteiger partial charge on any atom is -0.279 e. The van der Waals surface area contributed by atoms with Crippen molar-refractivity contribution in [3.05, 3.63) is 0 Å². The van der Waals surface area contributed by atoms with Crippen LogP contribution in [-0.4, -0.2) is 55.4 Å². The molecular weight excluding hydrogens is 598 g/mol. The molecule has 9 nitrogen and oxygen atoms in total. The molecule has 3 N–H and O–H groups in total. The molecule has 0 radical (unpaired) electrons. The molecule has 0 atom stereocenters. The van der Waals surface area contributed by atoms with Crippen molar-refractivity contribution in [1.82, 2.24) is 0 Å². The maximum Gasteiger partial charge on any atom is 0.522 e. The second-order valence-electron chi connectivity index (χ2n) is 2.76. The Labute approximate surface area is 164 Å². The monoisotopic (exact) mass is 602 g/mol. The minimum atomic E-state index is -5.84. The number of hydrogen-bond acceptors (Lipinski definition) is 6. The molecule has 25 heavy (non-hydrogen) atoms. The molecule has 22 heteroatoms. The fraction of sp³-hybridized carbons (Fsp3) is 1.00. The van der Waals surface area contributed by atoms with Crippen molar-refractivity contribution < 1.29 is 119 Å². The smallest absolute Gasteiger partial charge is 0.279 e. The van der Waals surface area contributed by atoms with Gasteiger partial charge < -0.3 is 0 Å². The standard InChI is InChI=1S/3CHF3O3S.Sm/c3*2-1(3,4)8(5,6)7;/h3*(H,5,6,7);. The molecule has 0 saturated heterocycles. The summed E-state index contributed by atoms with van der Waals surface area (Å²) < 4.78 is 173. The van der Waals surface area contributed by atoms with Crippen LogP contribution >= 0.6 is 0 Å². The zero-order chi connectivity index (χ0) is 21.0. The normalized spacial score (nSPS) is 13.4. The third-order valence-electron chi connectivity index (χ3n) is 0.877. The predicted octanol–water partition coefficient (Wildman–Crippen LogP) is 1.18. The van der Waals surface area contributed by atoms with Gasteiger partial charge in [-0.3, -0.25) is 13.7 Å². The summed E-state index contributed by atoms with van der Waals surface area (Å²) in [6.45, 7) is 0. The molecule has 0 saturated carbocycles. The molecule has 0 spiro atoms. The Hall–Kier alpha value is 0.438. The van der Waals surface area contributed by atoms with Gasteiger partial charge in [0.1, 0.15) is 0 Å². The van der Waals surface area contributed by atoms with E-state index in [4.69, 9.17) is 38.9 Å². The Morgan fingerprint density at radius 1 is 0.440 bits per heavy atom. The summed E-state index contributed by atoms with van der Waals surface area (Å²) in [6, 6.07) is 0. The molecule has 0 amide bonds. The first kappa shape index (κ1) is 33.1. The van der Waals surface area contributed by atoms with Crippen LogP contribution in [0.2, 0.25) is 0 Å². The van der Waals surface area contributed by atoms with Crippen molar-refractivity contribution >= 4 is 30.4 Å². The van der Waals surface area contributed by atoms with Gasteiger partial charge in [-0.05, 0) is 0 Å². The quantitative estimate of drug-likeness (QED) is 0.211. The van der Waals surface area contributed by atoms with Crippen molar-refractivity contribution in [1.29, 1.82) is 0 Å². The van der Waals surface area contributed by atoms with E-state index in [2.05, 4.69) is 0 Å². The molecule has 0 fully saturated rings. The van der Waals surface area contributed by atoms with Gasteiger partial charge in [0.2, 0.25) is 0 Å². The summed E-state index contributed by atoms with van der Waals surface area (Å²) in [5, 5.41) is 0. The Kier molecular flexibility index (Phi) is 13.4. The van der Waals surface area contributed by atoms with E-state index in [-0.39, 0.29) is 40.4 Å². The largest absolute Gasteiger partial charge is 0.522 e. The molecule has 0 heterocycles. The topological polar surface area (TPSA) is 163 Å². The number of halogens is 9. The van der Waals surface area contributed by atoms with E-state index in [0.717, 1.165) is 0 Å². The molecule has 0 aliphatic heterocycles. The molecule has 0 bridgehead atoms. The Morgan fingerprint density at radius 3 is 0.480 bits per heavy atom. The average molecular weight is 601 g/mol. The van der Waals surface area contributed by atoms with E-state index in [9.17, 15) is 39.5 Å². The first-order valence-corrected chi connectivity index (χ1v) is 8.18. The van der Waals surface area contributed by atoms with Gasteiger partial charge in [-0.15, -0.1) is 0 Å². The van der Waals surface area contributed by atoms with Gasteiger partial charge in [0.05, 0.1) is 0 Å². The van der Waals surface area contributed by atoms with Gasteiger partial charge >= 0.3 is 46.9 Å². The predicted molar refractivity (Wildman–Crippen MR) is 52.8 cm³/mol. The molecule has 156 valence electrons. The zero-order valence-electron chi connectivity index (χ0n) is 10.3. The molecule has 0 aromatic carbocycles. The SMILES string of the molecule is O=S(=O)(O)C(F)(F)F.O=S(=O)(O)C(F)(F)F.O=S(=O)(O)C(F)(F)F.[Sm]. The van der Waals surface area contributed by atoms with E-state index in [1.54, 1.807) is 0 Å². The summed E-state index contributed by atoms with van der Waals surface area (Å²) in [5.41, 5.74) is -16.6. The van der Waals surface area contributed by atoms with E-state index in [1.807, 2.05) is 0 Å². The second-order valence-corrected chi connectivity index (χ2v) is 7.00. The van der Waals surface area contributed by atoms with Crippen LogP contribution in [0.15, 0.2) is 0 Å². The van der Waals surface area contributed by atoms with Gasteiger partial charge in [-0.1, -0.05) is 0 Å². The second kappa shape index (κ2) is 10.1. The van der Waals surface area contributed by atoms with Crippen LogP contribution < -0.4 is 0 Å². The molecule has 0 unspecified atom stereocenters. The van der Waals surface area contributed by atoms with Crippen LogP contribution in [0, 0.1) is 40.4 Å². The Balaban J connectivity index is -0.000000130. The van der Waals surface area contributed by atoms with Gasteiger partial charge in [0, 0.05) is 40.4 Å². The third-order valence-corrected chi connectivity index (χ3v) is 2.63. The van der Waals surface area contributed by atoms with Crippen molar-refractivity contribution in [2.24, 2.45) is 0 Å². The van der Waals surface area contributed by atoms with Crippen molar-refractivity contribution in [2.75, 3.05) is 0 Å². The molecule has 0 aromatic heterocycles. The van der Waals surface area contributed by atoms with Crippen LogP contribution in [0.4, 0.5) is 39.5 Å². The molecular formula is C3H3F9O9S3Sm. The van der Waals surface area contributed by atoms with Crippen LogP contribution in [0.25, 0.3) is 0 Å². The molecule has 0 aromatic rings. The van der Waals surface area contributed by atoms with Crippen LogP contribution in [0.1, 0.15) is 0 Å². The van der Waals surface area contributed by atoms with Gasteiger partial charge in [-0.2, -0.15) is 64.8 Å². The van der Waals surface area contributed by atoms with Gasteiger partial charge in [0.25, 0.3) is 0 Å². The summed E-state index contributed by atoms with van der Waals surface area (Å²) >= 11 is 0. The van der Waals surface area contributed by atoms with E-state index in [1.165, 1.54) is 0 Å².